The standard InChI is InChI=1S/C23H13Br2N3O4/c24-17-10-15(9-16(12-26)23-27-20-3-1-2-4-21(20)32-23)22(19(25)11-17)31-13-14-5-7-18(8-6-14)28(29)30/h1-11H,13H2/b16-9+. The summed E-state index contributed by atoms with van der Waals surface area (Å²) in [5.41, 5.74) is 2.90. The maximum atomic E-state index is 10.8. The van der Waals surface area contributed by atoms with Crippen LogP contribution >= 0.6 is 31.9 Å². The molecule has 0 unspecified atom stereocenters. The van der Waals surface area contributed by atoms with Crippen LogP contribution in [0, 0.1) is 21.4 Å². The van der Waals surface area contributed by atoms with Crippen LogP contribution in [-0.4, -0.2) is 9.91 Å². The molecule has 0 radical (unpaired) electrons. The van der Waals surface area contributed by atoms with Gasteiger partial charge in [-0.1, -0.05) is 28.1 Å². The molecule has 0 amide bonds. The molecular weight excluding hydrogens is 542 g/mol. The fraction of sp³-hybridized carbons (Fsp3) is 0.0435. The summed E-state index contributed by atoms with van der Waals surface area (Å²) in [5.74, 6) is 0.724. The summed E-state index contributed by atoms with van der Waals surface area (Å²) in [4.78, 5) is 14.8. The first-order valence-electron chi connectivity index (χ1n) is 9.27. The number of benzene rings is 3. The first-order chi connectivity index (χ1) is 15.4. The van der Waals surface area contributed by atoms with E-state index in [1.165, 1.54) is 12.1 Å². The minimum atomic E-state index is -0.450. The van der Waals surface area contributed by atoms with Crippen molar-refractivity contribution < 1.29 is 14.1 Å². The smallest absolute Gasteiger partial charge is 0.269 e. The molecule has 9 heteroatoms. The molecule has 0 spiro atoms. The van der Waals surface area contributed by atoms with Crippen molar-refractivity contribution in [3.63, 3.8) is 0 Å². The van der Waals surface area contributed by atoms with E-state index in [0.29, 0.717) is 26.9 Å². The normalized spacial score (nSPS) is 11.3. The summed E-state index contributed by atoms with van der Waals surface area (Å²) in [6.07, 6.45) is 1.64. The first-order valence-corrected chi connectivity index (χ1v) is 10.9. The van der Waals surface area contributed by atoms with Crippen molar-refractivity contribution in [2.75, 3.05) is 0 Å². The van der Waals surface area contributed by atoms with Crippen molar-refractivity contribution in [1.82, 2.24) is 4.98 Å². The Bertz CT molecular complexity index is 1360. The third kappa shape index (κ3) is 4.72. The zero-order valence-corrected chi connectivity index (χ0v) is 19.5. The van der Waals surface area contributed by atoms with Crippen LogP contribution in [0.4, 0.5) is 5.69 Å². The van der Waals surface area contributed by atoms with E-state index < -0.39 is 4.92 Å². The molecule has 32 heavy (non-hydrogen) atoms. The second kappa shape index (κ2) is 9.34. The van der Waals surface area contributed by atoms with Crippen LogP contribution < -0.4 is 4.74 Å². The third-order valence-electron chi connectivity index (χ3n) is 4.51. The second-order valence-corrected chi connectivity index (χ2v) is 8.44. The van der Waals surface area contributed by atoms with Crippen molar-refractivity contribution in [3.05, 3.63) is 96.7 Å². The van der Waals surface area contributed by atoms with E-state index in [0.717, 1.165) is 10.0 Å². The number of rotatable bonds is 6. The van der Waals surface area contributed by atoms with Crippen molar-refractivity contribution in [2.24, 2.45) is 0 Å². The average Bonchev–Trinajstić information content (AvgIpc) is 3.21. The number of allylic oxidation sites excluding steroid dienone is 1. The van der Waals surface area contributed by atoms with Gasteiger partial charge >= 0.3 is 0 Å². The van der Waals surface area contributed by atoms with Gasteiger partial charge in [0.25, 0.3) is 5.69 Å². The van der Waals surface area contributed by atoms with Crippen molar-refractivity contribution in [2.45, 2.75) is 6.61 Å². The average molecular weight is 555 g/mol. The summed E-state index contributed by atoms with van der Waals surface area (Å²) >= 11 is 6.96. The molecule has 0 saturated carbocycles. The fourth-order valence-electron chi connectivity index (χ4n) is 2.99. The number of aromatic nitrogens is 1. The molecule has 0 aliphatic rings. The number of hydrogen-bond donors (Lipinski definition) is 0. The summed E-state index contributed by atoms with van der Waals surface area (Å²) in [6, 6.07) is 19.2. The summed E-state index contributed by atoms with van der Waals surface area (Å²) in [5, 5.41) is 20.6. The van der Waals surface area contributed by atoms with Gasteiger partial charge in [0, 0.05) is 22.2 Å². The first kappa shape index (κ1) is 21.7. The second-order valence-electron chi connectivity index (χ2n) is 6.67. The largest absolute Gasteiger partial charge is 0.487 e. The fourth-order valence-corrected chi connectivity index (χ4v) is 4.37. The Labute approximate surface area is 199 Å². The number of non-ortho nitro benzene ring substituents is 1. The predicted octanol–water partition coefficient (Wildman–Crippen LogP) is 6.90. The summed E-state index contributed by atoms with van der Waals surface area (Å²) < 4.78 is 13.2. The Hall–Kier alpha value is -3.48. The zero-order chi connectivity index (χ0) is 22.7. The number of nitriles is 1. The number of nitro benzene ring substituents is 1. The monoisotopic (exact) mass is 553 g/mol. The van der Waals surface area contributed by atoms with E-state index in [1.54, 1.807) is 24.3 Å². The minimum Gasteiger partial charge on any atom is -0.487 e. The number of ether oxygens (including phenoxy) is 1. The molecule has 7 nitrogen and oxygen atoms in total. The highest BCUT2D eigenvalue weighted by Gasteiger charge is 2.15. The molecular formula is C23H13Br2N3O4. The Kier molecular flexibility index (Phi) is 6.35. The maximum Gasteiger partial charge on any atom is 0.269 e. The Morgan fingerprint density at radius 3 is 2.62 bits per heavy atom. The highest BCUT2D eigenvalue weighted by Crippen LogP contribution is 2.36. The SMILES string of the molecule is N#C/C(=C\c1cc(Br)cc(Br)c1OCc1ccc([N+](=O)[O-])cc1)c1nc2ccccc2o1. The van der Waals surface area contributed by atoms with Gasteiger partial charge in [0.05, 0.1) is 9.40 Å². The number of nitrogens with zero attached hydrogens (tertiary/aromatic N) is 3. The molecule has 1 aromatic heterocycles. The Morgan fingerprint density at radius 1 is 1.19 bits per heavy atom. The highest BCUT2D eigenvalue weighted by atomic mass is 79.9. The third-order valence-corrected chi connectivity index (χ3v) is 5.56. The topological polar surface area (TPSA) is 102 Å². The Balaban J connectivity index is 1.67. The number of oxazole rings is 1. The van der Waals surface area contributed by atoms with Gasteiger partial charge in [0.2, 0.25) is 5.89 Å². The van der Waals surface area contributed by atoms with Gasteiger partial charge in [-0.2, -0.15) is 5.26 Å². The van der Waals surface area contributed by atoms with Crippen LogP contribution in [0.15, 0.2) is 74.0 Å². The van der Waals surface area contributed by atoms with Crippen LogP contribution in [0.3, 0.4) is 0 Å². The van der Waals surface area contributed by atoms with Crippen LogP contribution in [-0.2, 0) is 6.61 Å². The highest BCUT2D eigenvalue weighted by molar-refractivity contribution is 9.11. The minimum absolute atomic E-state index is 0.0131. The number of nitro groups is 1. The van der Waals surface area contributed by atoms with E-state index >= 15 is 0 Å². The molecule has 3 aromatic carbocycles. The van der Waals surface area contributed by atoms with E-state index in [2.05, 4.69) is 42.9 Å². The molecule has 0 saturated heterocycles. The van der Waals surface area contributed by atoms with Crippen LogP contribution in [0.2, 0.25) is 0 Å². The lowest BCUT2D eigenvalue weighted by Crippen LogP contribution is -1.99. The molecule has 0 atom stereocenters. The van der Waals surface area contributed by atoms with E-state index in [4.69, 9.17) is 9.15 Å². The lowest BCUT2D eigenvalue weighted by atomic mass is 10.1. The molecule has 0 bridgehead atoms. The van der Waals surface area contributed by atoms with Crippen molar-refractivity contribution in [1.29, 1.82) is 5.26 Å². The number of para-hydroxylation sites is 2. The van der Waals surface area contributed by atoms with Gasteiger partial charge in [-0.05, 0) is 64.0 Å². The van der Waals surface area contributed by atoms with Crippen LogP contribution in [0.1, 0.15) is 17.0 Å². The molecule has 0 aliphatic carbocycles. The van der Waals surface area contributed by atoms with E-state index in [1.807, 2.05) is 30.3 Å². The lowest BCUT2D eigenvalue weighted by molar-refractivity contribution is -0.384. The van der Waals surface area contributed by atoms with Crippen LogP contribution in [0.5, 0.6) is 5.75 Å². The van der Waals surface area contributed by atoms with Gasteiger partial charge in [-0.15, -0.1) is 0 Å². The number of fused-ring (bicyclic) bond motifs is 1. The number of halogens is 2. The van der Waals surface area contributed by atoms with E-state index in [-0.39, 0.29) is 23.8 Å². The summed E-state index contributed by atoms with van der Waals surface area (Å²) in [7, 11) is 0. The van der Waals surface area contributed by atoms with Crippen molar-refractivity contribution in [3.8, 4) is 11.8 Å². The molecule has 4 rings (SSSR count). The van der Waals surface area contributed by atoms with Crippen molar-refractivity contribution >= 4 is 60.3 Å². The molecule has 0 aliphatic heterocycles. The molecule has 158 valence electrons. The lowest BCUT2D eigenvalue weighted by Gasteiger charge is -2.12. The quantitative estimate of drug-likeness (QED) is 0.146. The number of hydrogen-bond acceptors (Lipinski definition) is 6. The van der Waals surface area contributed by atoms with Gasteiger partial charge in [0.15, 0.2) is 5.58 Å². The molecule has 0 N–H and O–H groups in total. The summed E-state index contributed by atoms with van der Waals surface area (Å²) in [6.45, 7) is 0.184. The maximum absolute atomic E-state index is 10.8. The molecule has 1 heterocycles. The van der Waals surface area contributed by atoms with E-state index in [9.17, 15) is 15.4 Å². The van der Waals surface area contributed by atoms with Gasteiger partial charge < -0.3 is 9.15 Å². The van der Waals surface area contributed by atoms with Gasteiger partial charge in [-0.3, -0.25) is 10.1 Å². The predicted molar refractivity (Wildman–Crippen MR) is 127 cm³/mol. The zero-order valence-electron chi connectivity index (χ0n) is 16.3. The Morgan fingerprint density at radius 2 is 1.94 bits per heavy atom. The molecule has 0 fully saturated rings. The molecule has 4 aromatic rings. The van der Waals surface area contributed by atoms with Gasteiger partial charge in [0.1, 0.15) is 29.5 Å². The van der Waals surface area contributed by atoms with Gasteiger partial charge in [-0.25, -0.2) is 4.98 Å². The van der Waals surface area contributed by atoms with Crippen LogP contribution in [0.25, 0.3) is 22.7 Å².